The Morgan fingerprint density at radius 2 is 2.54 bits per heavy atom. The van der Waals surface area contributed by atoms with Gasteiger partial charge in [-0.1, -0.05) is 0 Å². The number of halogens is 1. The predicted octanol–water partition coefficient (Wildman–Crippen LogP) is 2.07. The molecule has 0 saturated carbocycles. The maximum absolute atomic E-state index is 10.9. The molecule has 1 atom stereocenters. The molecule has 1 heterocycles. The van der Waals surface area contributed by atoms with Gasteiger partial charge in [-0.15, -0.1) is 11.3 Å². The maximum atomic E-state index is 10.9. The van der Waals surface area contributed by atoms with Gasteiger partial charge in [0.15, 0.2) is 0 Å². The van der Waals surface area contributed by atoms with Crippen molar-refractivity contribution in [1.29, 1.82) is 0 Å². The molecule has 72 valence electrons. The van der Waals surface area contributed by atoms with E-state index in [4.69, 9.17) is 5.73 Å². The Balaban J connectivity index is 2.63. The van der Waals surface area contributed by atoms with E-state index in [1.807, 2.05) is 11.4 Å². The Bertz CT molecular complexity index is 300. The number of esters is 1. The van der Waals surface area contributed by atoms with Gasteiger partial charge >= 0.3 is 5.97 Å². The fourth-order valence-electron chi connectivity index (χ4n) is 0.926. The number of thiophene rings is 1. The lowest BCUT2D eigenvalue weighted by Crippen LogP contribution is -2.15. The van der Waals surface area contributed by atoms with Gasteiger partial charge in [0.1, 0.15) is 0 Å². The van der Waals surface area contributed by atoms with Crippen LogP contribution in [-0.4, -0.2) is 13.1 Å². The lowest BCUT2D eigenvalue weighted by molar-refractivity contribution is -0.141. The van der Waals surface area contributed by atoms with E-state index < -0.39 is 0 Å². The molecule has 0 radical (unpaired) electrons. The van der Waals surface area contributed by atoms with Crippen LogP contribution in [0.4, 0.5) is 0 Å². The SMILES string of the molecule is COC(=O)C[C@@H](N)c1sccc1Br. The summed E-state index contributed by atoms with van der Waals surface area (Å²) in [6.07, 6.45) is 0.218. The highest BCUT2D eigenvalue weighted by Gasteiger charge is 2.15. The number of carbonyl (C=O) groups excluding carboxylic acids is 1. The predicted molar refractivity (Wildman–Crippen MR) is 55.6 cm³/mol. The number of nitrogens with two attached hydrogens (primary N) is 1. The normalized spacial score (nSPS) is 12.5. The molecule has 0 aliphatic rings. The van der Waals surface area contributed by atoms with Crippen molar-refractivity contribution in [3.05, 3.63) is 20.8 Å². The van der Waals surface area contributed by atoms with Gasteiger partial charge in [-0.2, -0.15) is 0 Å². The van der Waals surface area contributed by atoms with Crippen LogP contribution in [-0.2, 0) is 9.53 Å². The summed E-state index contributed by atoms with van der Waals surface area (Å²) < 4.78 is 5.48. The highest BCUT2D eigenvalue weighted by atomic mass is 79.9. The van der Waals surface area contributed by atoms with E-state index in [2.05, 4.69) is 20.7 Å². The van der Waals surface area contributed by atoms with Crippen molar-refractivity contribution in [2.45, 2.75) is 12.5 Å². The highest BCUT2D eigenvalue weighted by molar-refractivity contribution is 9.10. The highest BCUT2D eigenvalue weighted by Crippen LogP contribution is 2.29. The van der Waals surface area contributed by atoms with E-state index in [9.17, 15) is 4.79 Å². The zero-order valence-corrected chi connectivity index (χ0v) is 9.52. The molecular formula is C8H10BrNO2S. The largest absolute Gasteiger partial charge is 0.469 e. The molecule has 0 bridgehead atoms. The van der Waals surface area contributed by atoms with Crippen molar-refractivity contribution >= 4 is 33.2 Å². The molecule has 5 heteroatoms. The van der Waals surface area contributed by atoms with Crippen molar-refractivity contribution in [2.75, 3.05) is 7.11 Å². The van der Waals surface area contributed by atoms with Gasteiger partial charge < -0.3 is 10.5 Å². The Hall–Kier alpha value is -0.390. The summed E-state index contributed by atoms with van der Waals surface area (Å²) in [4.78, 5) is 11.9. The van der Waals surface area contributed by atoms with Crippen LogP contribution in [0.3, 0.4) is 0 Å². The third-order valence-corrected chi connectivity index (χ3v) is 3.60. The average molecular weight is 264 g/mol. The minimum absolute atomic E-state index is 0.218. The van der Waals surface area contributed by atoms with E-state index in [-0.39, 0.29) is 18.4 Å². The van der Waals surface area contributed by atoms with Gasteiger partial charge in [0.2, 0.25) is 0 Å². The minimum atomic E-state index is -0.284. The second kappa shape index (κ2) is 4.74. The third kappa shape index (κ3) is 2.79. The Morgan fingerprint density at radius 1 is 1.85 bits per heavy atom. The Morgan fingerprint density at radius 3 is 3.00 bits per heavy atom. The molecule has 3 nitrogen and oxygen atoms in total. The molecule has 0 aromatic carbocycles. The summed E-state index contributed by atoms with van der Waals surface area (Å²) in [6.45, 7) is 0. The van der Waals surface area contributed by atoms with E-state index in [1.54, 1.807) is 0 Å². The van der Waals surface area contributed by atoms with Crippen molar-refractivity contribution in [1.82, 2.24) is 0 Å². The van der Waals surface area contributed by atoms with Crippen molar-refractivity contribution in [3.8, 4) is 0 Å². The van der Waals surface area contributed by atoms with E-state index in [0.29, 0.717) is 0 Å². The molecule has 1 aromatic heterocycles. The van der Waals surface area contributed by atoms with Crippen LogP contribution >= 0.6 is 27.3 Å². The summed E-state index contributed by atoms with van der Waals surface area (Å²) in [5, 5.41) is 1.93. The number of methoxy groups -OCH3 is 1. The molecule has 1 aromatic rings. The number of carbonyl (C=O) groups is 1. The van der Waals surface area contributed by atoms with E-state index in [0.717, 1.165) is 9.35 Å². The summed E-state index contributed by atoms with van der Waals surface area (Å²) in [5.41, 5.74) is 5.80. The van der Waals surface area contributed by atoms with Crippen LogP contribution in [0.25, 0.3) is 0 Å². The van der Waals surface area contributed by atoms with Crippen molar-refractivity contribution in [2.24, 2.45) is 5.73 Å². The maximum Gasteiger partial charge on any atom is 0.307 e. The minimum Gasteiger partial charge on any atom is -0.469 e. The molecule has 13 heavy (non-hydrogen) atoms. The second-order valence-electron chi connectivity index (χ2n) is 2.52. The van der Waals surface area contributed by atoms with Crippen LogP contribution in [0, 0.1) is 0 Å². The first-order valence-corrected chi connectivity index (χ1v) is 5.37. The number of rotatable bonds is 3. The molecule has 0 saturated heterocycles. The first-order chi connectivity index (χ1) is 6.15. The van der Waals surface area contributed by atoms with Gasteiger partial charge in [0.05, 0.1) is 19.6 Å². The molecule has 2 N–H and O–H groups in total. The second-order valence-corrected chi connectivity index (χ2v) is 4.32. The topological polar surface area (TPSA) is 52.3 Å². The molecule has 0 spiro atoms. The lowest BCUT2D eigenvalue weighted by atomic mass is 10.2. The number of ether oxygens (including phenoxy) is 1. The van der Waals surface area contributed by atoms with Crippen LogP contribution in [0.15, 0.2) is 15.9 Å². The first kappa shape index (κ1) is 10.7. The van der Waals surface area contributed by atoms with Gasteiger partial charge in [0.25, 0.3) is 0 Å². The van der Waals surface area contributed by atoms with Crippen LogP contribution in [0.2, 0.25) is 0 Å². The Kier molecular flexibility index (Phi) is 3.90. The molecule has 0 fully saturated rings. The summed E-state index contributed by atoms with van der Waals surface area (Å²) >= 11 is 4.89. The van der Waals surface area contributed by atoms with Crippen LogP contribution in [0.1, 0.15) is 17.3 Å². The fraction of sp³-hybridized carbons (Fsp3) is 0.375. The zero-order chi connectivity index (χ0) is 9.84. The van der Waals surface area contributed by atoms with Crippen molar-refractivity contribution in [3.63, 3.8) is 0 Å². The Labute approximate surface area is 89.0 Å². The standard InChI is InChI=1S/C8H10BrNO2S/c1-12-7(11)4-6(10)8-5(9)2-3-13-8/h2-3,6H,4,10H2,1H3/t6-/m1/s1. The monoisotopic (exact) mass is 263 g/mol. The smallest absolute Gasteiger partial charge is 0.307 e. The molecule has 0 aliphatic heterocycles. The van der Waals surface area contributed by atoms with Crippen LogP contribution in [0.5, 0.6) is 0 Å². The summed E-state index contributed by atoms with van der Waals surface area (Å²) in [5.74, 6) is -0.284. The molecular weight excluding hydrogens is 254 g/mol. The molecule has 0 unspecified atom stereocenters. The van der Waals surface area contributed by atoms with Crippen LogP contribution < -0.4 is 5.73 Å². The third-order valence-electron chi connectivity index (χ3n) is 1.60. The zero-order valence-electron chi connectivity index (χ0n) is 7.12. The van der Waals surface area contributed by atoms with E-state index in [1.165, 1.54) is 18.4 Å². The molecule has 1 rings (SSSR count). The van der Waals surface area contributed by atoms with Crippen molar-refractivity contribution < 1.29 is 9.53 Å². The van der Waals surface area contributed by atoms with Gasteiger partial charge in [-0.25, -0.2) is 0 Å². The van der Waals surface area contributed by atoms with Gasteiger partial charge in [-0.05, 0) is 27.4 Å². The van der Waals surface area contributed by atoms with E-state index >= 15 is 0 Å². The molecule has 0 aliphatic carbocycles. The summed E-state index contributed by atoms with van der Waals surface area (Å²) in [6, 6.07) is 1.64. The number of hydrogen-bond acceptors (Lipinski definition) is 4. The van der Waals surface area contributed by atoms with Gasteiger partial charge in [-0.3, -0.25) is 4.79 Å². The quantitative estimate of drug-likeness (QED) is 0.850. The molecule has 0 amide bonds. The number of hydrogen-bond donors (Lipinski definition) is 1. The first-order valence-electron chi connectivity index (χ1n) is 3.70. The van der Waals surface area contributed by atoms with Gasteiger partial charge in [0, 0.05) is 9.35 Å². The lowest BCUT2D eigenvalue weighted by Gasteiger charge is -2.08. The summed E-state index contributed by atoms with van der Waals surface area (Å²) in [7, 11) is 1.36. The fourth-order valence-corrected chi connectivity index (χ4v) is 2.60. The average Bonchev–Trinajstić information content (AvgIpc) is 2.51.